The van der Waals surface area contributed by atoms with E-state index in [2.05, 4.69) is 0 Å². The average Bonchev–Trinajstić information content (AvgIpc) is 2.82. The highest BCUT2D eigenvalue weighted by Crippen LogP contribution is 2.38. The van der Waals surface area contributed by atoms with Crippen molar-refractivity contribution in [1.82, 2.24) is 0 Å². The second-order valence-corrected chi connectivity index (χ2v) is 7.22. The zero-order chi connectivity index (χ0) is 14.1. The highest BCUT2D eigenvalue weighted by molar-refractivity contribution is 7.32. The molecule has 3 aromatic rings. The first-order valence-electron chi connectivity index (χ1n) is 5.79. The number of halogens is 2. The summed E-state index contributed by atoms with van der Waals surface area (Å²) in [6.45, 7) is 0. The minimum absolute atomic E-state index is 0.0832. The molecule has 3 rings (SSSR count). The lowest BCUT2D eigenvalue weighted by molar-refractivity contribution is 1.67. The molecule has 1 aromatic heterocycles. The predicted molar refractivity (Wildman–Crippen MR) is 89.4 cm³/mol. The molecule has 1 nitrogen and oxygen atoms in total. The minimum Gasteiger partial charge on any atom is -0.265 e. The van der Waals surface area contributed by atoms with Gasteiger partial charge in [0.1, 0.15) is 0 Å². The molecule has 0 aliphatic carbocycles. The van der Waals surface area contributed by atoms with Crippen LogP contribution in [0.15, 0.2) is 53.3 Å². The number of hydrogen-bond acceptors (Lipinski definition) is 3. The Bertz CT molecular complexity index is 720. The molecule has 0 fully saturated rings. The van der Waals surface area contributed by atoms with Gasteiger partial charge in [-0.3, -0.25) is 4.79 Å². The molecule has 5 heteroatoms. The minimum atomic E-state index is 0.0832. The summed E-state index contributed by atoms with van der Waals surface area (Å²) in [5.74, 6) is 0. The van der Waals surface area contributed by atoms with E-state index in [1.807, 2.05) is 48.5 Å². The summed E-state index contributed by atoms with van der Waals surface area (Å²) in [5, 5.41) is 1.37. The van der Waals surface area contributed by atoms with Crippen LogP contribution in [0.4, 0.5) is 0 Å². The molecule has 0 radical (unpaired) electrons. The summed E-state index contributed by atoms with van der Waals surface area (Å²) in [7, 11) is 0. The largest absolute Gasteiger partial charge is 0.288 e. The molecule has 0 aliphatic rings. The Hall–Kier alpha value is -1.13. The zero-order valence-electron chi connectivity index (χ0n) is 10.1. The molecular formula is C15H8Cl2OS2. The summed E-state index contributed by atoms with van der Waals surface area (Å²) in [5.41, 5.74) is 2.01. The highest BCUT2D eigenvalue weighted by atomic mass is 35.5. The van der Waals surface area contributed by atoms with Gasteiger partial charge in [0.2, 0.25) is 0 Å². The van der Waals surface area contributed by atoms with Crippen LogP contribution in [0, 0.1) is 0 Å². The van der Waals surface area contributed by atoms with E-state index in [9.17, 15) is 4.79 Å². The lowest BCUT2D eigenvalue weighted by atomic mass is 10.1. The van der Waals surface area contributed by atoms with Crippen LogP contribution in [0.25, 0.3) is 20.9 Å². The summed E-state index contributed by atoms with van der Waals surface area (Å²) >= 11 is 14.3. The van der Waals surface area contributed by atoms with Crippen molar-refractivity contribution in [1.29, 1.82) is 0 Å². The smallest absolute Gasteiger partial charge is 0.265 e. The van der Waals surface area contributed by atoms with Crippen molar-refractivity contribution in [3.05, 3.63) is 67.4 Å². The van der Waals surface area contributed by atoms with E-state index in [0.29, 0.717) is 10.0 Å². The molecule has 2 aromatic carbocycles. The van der Waals surface area contributed by atoms with Crippen molar-refractivity contribution in [2.75, 3.05) is 0 Å². The van der Waals surface area contributed by atoms with Gasteiger partial charge in [0, 0.05) is 10.0 Å². The summed E-state index contributed by atoms with van der Waals surface area (Å²) < 4.78 is 0.0832. The van der Waals surface area contributed by atoms with Crippen molar-refractivity contribution >= 4 is 45.9 Å². The molecule has 0 saturated carbocycles. The van der Waals surface area contributed by atoms with Crippen molar-refractivity contribution in [2.24, 2.45) is 0 Å². The van der Waals surface area contributed by atoms with E-state index in [4.69, 9.17) is 23.2 Å². The number of rotatable bonds is 2. The maximum Gasteiger partial charge on any atom is 0.288 e. The van der Waals surface area contributed by atoms with Crippen LogP contribution in [0.3, 0.4) is 0 Å². The van der Waals surface area contributed by atoms with E-state index in [1.165, 1.54) is 22.7 Å². The molecule has 0 N–H and O–H groups in total. The fourth-order valence-electron chi connectivity index (χ4n) is 1.86. The van der Waals surface area contributed by atoms with Gasteiger partial charge in [-0.1, -0.05) is 70.1 Å². The lowest BCUT2D eigenvalue weighted by Crippen LogP contribution is -1.78. The van der Waals surface area contributed by atoms with Gasteiger partial charge in [-0.2, -0.15) is 0 Å². The predicted octanol–water partition coefficient (Wildman–Crippen LogP) is 5.81. The molecule has 0 aliphatic heterocycles. The summed E-state index contributed by atoms with van der Waals surface area (Å²) in [4.78, 5) is 13.7. The molecule has 20 heavy (non-hydrogen) atoms. The van der Waals surface area contributed by atoms with E-state index in [1.54, 1.807) is 0 Å². The number of hydrogen-bond donors (Lipinski definition) is 0. The summed E-state index contributed by atoms with van der Waals surface area (Å²) in [6.07, 6.45) is 0. The fourth-order valence-corrected chi connectivity index (χ4v) is 4.29. The Morgan fingerprint density at radius 2 is 1.00 bits per heavy atom. The average molecular weight is 339 g/mol. The van der Waals surface area contributed by atoms with E-state index in [0.717, 1.165) is 20.9 Å². The van der Waals surface area contributed by atoms with Crippen molar-refractivity contribution in [3.63, 3.8) is 0 Å². The quantitative estimate of drug-likeness (QED) is 0.576. The van der Waals surface area contributed by atoms with Crippen LogP contribution in [0.5, 0.6) is 0 Å². The summed E-state index contributed by atoms with van der Waals surface area (Å²) in [6, 6.07) is 15.0. The SMILES string of the molecule is O=c1sc(-c2ccc(Cl)cc2)c(-c2ccc(Cl)cc2)s1. The number of benzene rings is 2. The molecule has 0 spiro atoms. The van der Waals surface area contributed by atoms with Crippen molar-refractivity contribution in [3.8, 4) is 20.9 Å². The van der Waals surface area contributed by atoms with E-state index in [-0.39, 0.29) is 4.06 Å². The third-order valence-electron chi connectivity index (χ3n) is 2.79. The van der Waals surface area contributed by atoms with Crippen LogP contribution in [-0.4, -0.2) is 0 Å². The second-order valence-electron chi connectivity index (χ2n) is 4.13. The van der Waals surface area contributed by atoms with Crippen LogP contribution in [0.1, 0.15) is 0 Å². The van der Waals surface area contributed by atoms with E-state index >= 15 is 0 Å². The first-order valence-corrected chi connectivity index (χ1v) is 8.18. The lowest BCUT2D eigenvalue weighted by Gasteiger charge is -2.03. The maximum absolute atomic E-state index is 11.8. The normalized spacial score (nSPS) is 10.7. The Morgan fingerprint density at radius 3 is 1.35 bits per heavy atom. The van der Waals surface area contributed by atoms with Gasteiger partial charge in [-0.15, -0.1) is 0 Å². The molecule has 0 saturated heterocycles. The van der Waals surface area contributed by atoms with Crippen LogP contribution in [0.2, 0.25) is 10.0 Å². The van der Waals surface area contributed by atoms with Gasteiger partial charge >= 0.3 is 0 Å². The van der Waals surface area contributed by atoms with Crippen LogP contribution < -0.4 is 4.06 Å². The second kappa shape index (κ2) is 5.70. The maximum atomic E-state index is 11.8. The Labute approximate surface area is 134 Å². The van der Waals surface area contributed by atoms with Gasteiger partial charge in [0.25, 0.3) is 4.06 Å². The third-order valence-corrected chi connectivity index (χ3v) is 5.54. The Morgan fingerprint density at radius 1 is 0.650 bits per heavy atom. The van der Waals surface area contributed by atoms with Crippen molar-refractivity contribution < 1.29 is 0 Å². The fraction of sp³-hybridized carbons (Fsp3) is 0. The highest BCUT2D eigenvalue weighted by Gasteiger charge is 2.13. The Kier molecular flexibility index (Phi) is 3.94. The van der Waals surface area contributed by atoms with Gasteiger partial charge in [0.05, 0.1) is 9.75 Å². The first-order chi connectivity index (χ1) is 9.63. The topological polar surface area (TPSA) is 17.1 Å². The molecule has 0 atom stereocenters. The monoisotopic (exact) mass is 338 g/mol. The third kappa shape index (κ3) is 2.81. The van der Waals surface area contributed by atoms with Crippen LogP contribution in [-0.2, 0) is 0 Å². The molecule has 1 heterocycles. The van der Waals surface area contributed by atoms with Crippen LogP contribution >= 0.6 is 45.9 Å². The standard InChI is InChI=1S/C15H8Cl2OS2/c16-11-5-1-9(2-6-11)13-14(20-15(18)19-13)10-3-7-12(17)8-4-10/h1-8H. The van der Waals surface area contributed by atoms with Gasteiger partial charge in [-0.05, 0) is 35.4 Å². The molecular weight excluding hydrogens is 331 g/mol. The van der Waals surface area contributed by atoms with E-state index < -0.39 is 0 Å². The zero-order valence-corrected chi connectivity index (χ0v) is 13.2. The van der Waals surface area contributed by atoms with Gasteiger partial charge < -0.3 is 0 Å². The molecule has 0 bridgehead atoms. The molecule has 0 amide bonds. The van der Waals surface area contributed by atoms with Gasteiger partial charge in [0.15, 0.2) is 0 Å². The molecule has 0 unspecified atom stereocenters. The Balaban J connectivity index is 2.15. The molecule has 100 valence electrons. The van der Waals surface area contributed by atoms with Gasteiger partial charge in [-0.25, -0.2) is 0 Å². The first kappa shape index (κ1) is 13.8. The van der Waals surface area contributed by atoms with Crippen molar-refractivity contribution in [2.45, 2.75) is 0 Å².